The molecule has 0 bridgehead atoms. The van der Waals surface area contributed by atoms with Gasteiger partial charge in [0, 0.05) is 0 Å². The number of para-hydroxylation sites is 1. The highest BCUT2D eigenvalue weighted by atomic mass is 79.9. The molecule has 0 aliphatic heterocycles. The Morgan fingerprint density at radius 2 is 2.11 bits per heavy atom. The number of hydrogen-bond donors (Lipinski definition) is 2. The van der Waals surface area contributed by atoms with E-state index in [1.807, 2.05) is 18.2 Å². The van der Waals surface area contributed by atoms with Gasteiger partial charge in [-0.15, -0.1) is 0 Å². The zero-order valence-corrected chi connectivity index (χ0v) is 11.4. The molecule has 0 aliphatic rings. The van der Waals surface area contributed by atoms with E-state index >= 15 is 0 Å². The molecule has 0 saturated heterocycles. The van der Waals surface area contributed by atoms with E-state index in [-0.39, 0.29) is 18.9 Å². The monoisotopic (exact) mass is 315 g/mol. The van der Waals surface area contributed by atoms with Gasteiger partial charge in [-0.3, -0.25) is 9.59 Å². The number of aliphatic carboxylic acids is 1. The van der Waals surface area contributed by atoms with Crippen molar-refractivity contribution in [2.24, 2.45) is 0 Å². The molecule has 0 aromatic heterocycles. The van der Waals surface area contributed by atoms with Gasteiger partial charge in [0.2, 0.25) is 5.91 Å². The maximum Gasteiger partial charge on any atom is 0.325 e. The van der Waals surface area contributed by atoms with E-state index in [0.717, 1.165) is 4.47 Å². The van der Waals surface area contributed by atoms with Gasteiger partial charge in [0.15, 0.2) is 0 Å². The summed E-state index contributed by atoms with van der Waals surface area (Å²) >= 11 is 3.32. The predicted molar refractivity (Wildman–Crippen MR) is 69.5 cm³/mol. The van der Waals surface area contributed by atoms with Crippen LogP contribution in [0.1, 0.15) is 13.3 Å². The van der Waals surface area contributed by atoms with Crippen LogP contribution in [0, 0.1) is 0 Å². The van der Waals surface area contributed by atoms with Crippen LogP contribution < -0.4 is 10.1 Å². The molecule has 18 heavy (non-hydrogen) atoms. The summed E-state index contributed by atoms with van der Waals surface area (Å²) in [5.74, 6) is -0.761. The van der Waals surface area contributed by atoms with Crippen LogP contribution in [0.5, 0.6) is 5.75 Å². The number of carboxylic acids is 1. The van der Waals surface area contributed by atoms with Gasteiger partial charge in [0.25, 0.3) is 0 Å². The Balaban J connectivity index is 2.32. The van der Waals surface area contributed by atoms with Crippen molar-refractivity contribution in [3.63, 3.8) is 0 Å². The van der Waals surface area contributed by atoms with E-state index in [4.69, 9.17) is 9.84 Å². The molecule has 0 saturated carbocycles. The van der Waals surface area contributed by atoms with Crippen LogP contribution in [0.4, 0.5) is 0 Å². The van der Waals surface area contributed by atoms with Gasteiger partial charge >= 0.3 is 5.97 Å². The lowest BCUT2D eigenvalue weighted by atomic mass is 10.3. The highest BCUT2D eigenvalue weighted by Gasteiger charge is 2.13. The standard InChI is InChI=1S/C12H14BrNO4/c1-8(12(16)17)14-11(15)6-7-18-10-5-3-2-4-9(10)13/h2-5,8H,6-7H2,1H3,(H,14,15)(H,16,17). The highest BCUT2D eigenvalue weighted by Crippen LogP contribution is 2.23. The Bertz CT molecular complexity index is 436. The topological polar surface area (TPSA) is 75.6 Å². The third-order valence-electron chi connectivity index (χ3n) is 2.17. The quantitative estimate of drug-likeness (QED) is 0.839. The van der Waals surface area contributed by atoms with Gasteiger partial charge in [0.05, 0.1) is 17.5 Å². The van der Waals surface area contributed by atoms with Crippen molar-refractivity contribution in [3.05, 3.63) is 28.7 Å². The number of halogens is 1. The largest absolute Gasteiger partial charge is 0.492 e. The first-order valence-corrected chi connectivity index (χ1v) is 6.19. The lowest BCUT2D eigenvalue weighted by molar-refractivity contribution is -0.141. The second-order valence-electron chi connectivity index (χ2n) is 3.66. The zero-order valence-electron chi connectivity index (χ0n) is 9.85. The predicted octanol–water partition coefficient (Wildman–Crippen LogP) is 1.81. The number of carbonyl (C=O) groups excluding carboxylic acids is 1. The molecule has 0 aliphatic carbocycles. The fourth-order valence-electron chi connectivity index (χ4n) is 1.19. The Morgan fingerprint density at radius 3 is 2.72 bits per heavy atom. The molecular formula is C12H14BrNO4. The first-order valence-electron chi connectivity index (χ1n) is 5.40. The normalized spacial score (nSPS) is 11.7. The van der Waals surface area contributed by atoms with Crippen LogP contribution in [0.2, 0.25) is 0 Å². The van der Waals surface area contributed by atoms with Crippen molar-refractivity contribution < 1.29 is 19.4 Å². The summed E-state index contributed by atoms with van der Waals surface area (Å²) in [5.41, 5.74) is 0. The van der Waals surface area contributed by atoms with E-state index in [1.165, 1.54) is 6.92 Å². The van der Waals surface area contributed by atoms with E-state index in [0.29, 0.717) is 5.75 Å². The molecule has 98 valence electrons. The number of benzene rings is 1. The molecule has 0 fully saturated rings. The molecule has 2 N–H and O–H groups in total. The Kier molecular flexibility index (Phi) is 5.64. The SMILES string of the molecule is CC(NC(=O)CCOc1ccccc1Br)C(=O)O. The second kappa shape index (κ2) is 7.00. The minimum absolute atomic E-state index is 0.110. The van der Waals surface area contributed by atoms with Crippen LogP contribution in [0.15, 0.2) is 28.7 Å². The molecule has 0 spiro atoms. The first-order chi connectivity index (χ1) is 8.50. The molecule has 1 amide bonds. The Labute approximate surface area is 113 Å². The third kappa shape index (κ3) is 4.75. The van der Waals surface area contributed by atoms with Crippen molar-refractivity contribution in [2.75, 3.05) is 6.61 Å². The van der Waals surface area contributed by atoms with E-state index in [9.17, 15) is 9.59 Å². The zero-order chi connectivity index (χ0) is 13.5. The maximum absolute atomic E-state index is 11.4. The van der Waals surface area contributed by atoms with Crippen LogP contribution in [0.3, 0.4) is 0 Å². The number of amides is 1. The number of carbonyl (C=O) groups is 2. The van der Waals surface area contributed by atoms with E-state index in [2.05, 4.69) is 21.2 Å². The summed E-state index contributed by atoms with van der Waals surface area (Å²) in [5, 5.41) is 11.0. The summed E-state index contributed by atoms with van der Waals surface area (Å²) < 4.78 is 6.20. The molecule has 1 aromatic rings. The van der Waals surface area contributed by atoms with Crippen LogP contribution in [-0.4, -0.2) is 29.6 Å². The number of carboxylic acid groups (broad SMARTS) is 1. The Hall–Kier alpha value is -1.56. The maximum atomic E-state index is 11.4. The number of nitrogens with one attached hydrogen (secondary N) is 1. The summed E-state index contributed by atoms with van der Waals surface area (Å²) in [6.07, 6.45) is 0.110. The van der Waals surface area contributed by atoms with Crippen molar-refractivity contribution in [1.29, 1.82) is 0 Å². The lowest BCUT2D eigenvalue weighted by Gasteiger charge is -2.10. The number of rotatable bonds is 6. The fourth-order valence-corrected chi connectivity index (χ4v) is 1.59. The second-order valence-corrected chi connectivity index (χ2v) is 4.51. The minimum Gasteiger partial charge on any atom is -0.492 e. The third-order valence-corrected chi connectivity index (χ3v) is 2.83. The first kappa shape index (κ1) is 14.5. The molecule has 6 heteroatoms. The molecule has 1 aromatic carbocycles. The number of hydrogen-bond acceptors (Lipinski definition) is 3. The highest BCUT2D eigenvalue weighted by molar-refractivity contribution is 9.10. The van der Waals surface area contributed by atoms with E-state index in [1.54, 1.807) is 6.07 Å². The van der Waals surface area contributed by atoms with Gasteiger partial charge in [-0.2, -0.15) is 0 Å². The summed E-state index contributed by atoms with van der Waals surface area (Å²) in [7, 11) is 0. The Morgan fingerprint density at radius 1 is 1.44 bits per heavy atom. The summed E-state index contributed by atoms with van der Waals surface area (Å²) in [4.78, 5) is 21.9. The lowest BCUT2D eigenvalue weighted by Crippen LogP contribution is -2.38. The van der Waals surface area contributed by atoms with Crippen molar-refractivity contribution >= 4 is 27.8 Å². The van der Waals surface area contributed by atoms with Crippen LogP contribution >= 0.6 is 15.9 Å². The average molecular weight is 316 g/mol. The average Bonchev–Trinajstić information content (AvgIpc) is 2.31. The van der Waals surface area contributed by atoms with Gasteiger partial charge < -0.3 is 15.2 Å². The summed E-state index contributed by atoms with van der Waals surface area (Å²) in [6, 6.07) is 6.41. The molecule has 1 rings (SSSR count). The molecule has 5 nitrogen and oxygen atoms in total. The van der Waals surface area contributed by atoms with Crippen LogP contribution in [-0.2, 0) is 9.59 Å². The molecular weight excluding hydrogens is 302 g/mol. The fraction of sp³-hybridized carbons (Fsp3) is 0.333. The number of ether oxygens (including phenoxy) is 1. The molecule has 1 unspecified atom stereocenters. The summed E-state index contributed by atoms with van der Waals surface area (Å²) in [6.45, 7) is 1.61. The molecule has 0 heterocycles. The van der Waals surface area contributed by atoms with Gasteiger partial charge in [0.1, 0.15) is 11.8 Å². The smallest absolute Gasteiger partial charge is 0.325 e. The molecule has 1 atom stereocenters. The van der Waals surface area contributed by atoms with E-state index < -0.39 is 12.0 Å². The van der Waals surface area contributed by atoms with Gasteiger partial charge in [-0.1, -0.05) is 12.1 Å². The minimum atomic E-state index is -1.06. The van der Waals surface area contributed by atoms with Crippen LogP contribution in [0.25, 0.3) is 0 Å². The van der Waals surface area contributed by atoms with Crippen molar-refractivity contribution in [2.45, 2.75) is 19.4 Å². The van der Waals surface area contributed by atoms with Crippen molar-refractivity contribution in [1.82, 2.24) is 5.32 Å². The molecule has 0 radical (unpaired) electrons. The van der Waals surface area contributed by atoms with Crippen molar-refractivity contribution in [3.8, 4) is 5.75 Å². The van der Waals surface area contributed by atoms with Gasteiger partial charge in [-0.05, 0) is 35.0 Å². The van der Waals surface area contributed by atoms with Gasteiger partial charge in [-0.25, -0.2) is 0 Å².